The summed E-state index contributed by atoms with van der Waals surface area (Å²) in [6.07, 6.45) is 0.588. The van der Waals surface area contributed by atoms with Crippen molar-refractivity contribution >= 4 is 56.0 Å². The molecule has 2 heterocycles. The van der Waals surface area contributed by atoms with Gasteiger partial charge in [-0.25, -0.2) is 18.6 Å². The molecule has 2 aromatic carbocycles. The number of amides is 1. The molecule has 0 aliphatic carbocycles. The second-order valence-corrected chi connectivity index (χ2v) is 8.34. The lowest BCUT2D eigenvalue weighted by Crippen LogP contribution is -2.36. The Balaban J connectivity index is 0.00000289. The Bertz CT molecular complexity index is 1340. The zero-order valence-corrected chi connectivity index (χ0v) is 18.9. The van der Waals surface area contributed by atoms with Crippen molar-refractivity contribution in [2.75, 3.05) is 32.1 Å². The van der Waals surface area contributed by atoms with Crippen LogP contribution in [0.1, 0.15) is 16.8 Å². The highest BCUT2D eigenvalue weighted by Gasteiger charge is 2.25. The van der Waals surface area contributed by atoms with Gasteiger partial charge in [0.1, 0.15) is 22.5 Å². The van der Waals surface area contributed by atoms with Gasteiger partial charge in [0.05, 0.1) is 4.70 Å². The van der Waals surface area contributed by atoms with Gasteiger partial charge in [0.25, 0.3) is 5.91 Å². The first-order valence-electron chi connectivity index (χ1n) is 9.58. The summed E-state index contributed by atoms with van der Waals surface area (Å²) in [7, 11) is 3.81. The standard InChI is InChI=1S/C22H19F2N3O3S.ClH/c1-26(2)8-5-9-27(22-25-19-16(24)11-14(23)12-18(19)31-22)20(28)15-10-13-6-3-4-7-17(13)30-21(15)29;/h3-4,6-7,10-12H,5,8-9H2,1-2H3;1H. The topological polar surface area (TPSA) is 66.7 Å². The van der Waals surface area contributed by atoms with E-state index in [4.69, 9.17) is 4.42 Å². The van der Waals surface area contributed by atoms with E-state index in [1.807, 2.05) is 19.0 Å². The smallest absolute Gasteiger partial charge is 0.349 e. The van der Waals surface area contributed by atoms with Gasteiger partial charge >= 0.3 is 5.63 Å². The van der Waals surface area contributed by atoms with E-state index in [0.29, 0.717) is 23.9 Å². The minimum atomic E-state index is -0.802. The number of rotatable bonds is 6. The van der Waals surface area contributed by atoms with Crippen LogP contribution in [-0.4, -0.2) is 43.0 Å². The van der Waals surface area contributed by atoms with Crippen LogP contribution in [0.5, 0.6) is 0 Å². The van der Waals surface area contributed by atoms with Crippen molar-refractivity contribution in [1.82, 2.24) is 9.88 Å². The predicted octanol–water partition coefficient (Wildman–Crippen LogP) is 4.70. The molecule has 0 aliphatic rings. The first-order valence-corrected chi connectivity index (χ1v) is 10.4. The maximum absolute atomic E-state index is 14.2. The zero-order chi connectivity index (χ0) is 22.1. The van der Waals surface area contributed by atoms with Crippen LogP contribution in [0.25, 0.3) is 21.2 Å². The summed E-state index contributed by atoms with van der Waals surface area (Å²) in [6.45, 7) is 0.928. The lowest BCUT2D eigenvalue weighted by molar-refractivity contribution is 0.0982. The number of para-hydroxylation sites is 1. The van der Waals surface area contributed by atoms with Crippen molar-refractivity contribution in [3.05, 3.63) is 70.1 Å². The Morgan fingerprint density at radius 1 is 1.12 bits per heavy atom. The lowest BCUT2D eigenvalue weighted by atomic mass is 10.1. The van der Waals surface area contributed by atoms with Crippen molar-refractivity contribution in [3.63, 3.8) is 0 Å². The second kappa shape index (κ2) is 9.72. The Hall–Kier alpha value is -2.88. The fourth-order valence-corrected chi connectivity index (χ4v) is 4.28. The van der Waals surface area contributed by atoms with Gasteiger partial charge in [0.15, 0.2) is 10.9 Å². The van der Waals surface area contributed by atoms with Crippen LogP contribution in [0, 0.1) is 11.6 Å². The largest absolute Gasteiger partial charge is 0.422 e. The highest BCUT2D eigenvalue weighted by Crippen LogP contribution is 2.32. The van der Waals surface area contributed by atoms with Crippen molar-refractivity contribution in [1.29, 1.82) is 0 Å². The SMILES string of the molecule is CN(C)CCCN(C(=O)c1cc2ccccc2oc1=O)c1nc2c(F)cc(F)cc2s1.Cl. The number of halogens is 3. The Kier molecular flexibility index (Phi) is 7.22. The molecule has 0 radical (unpaired) electrons. The molecule has 0 spiro atoms. The quantitative estimate of drug-likeness (QED) is 0.375. The predicted molar refractivity (Wildman–Crippen MR) is 124 cm³/mol. The van der Waals surface area contributed by atoms with E-state index < -0.39 is 23.2 Å². The summed E-state index contributed by atoms with van der Waals surface area (Å²) in [5.41, 5.74) is -0.549. The van der Waals surface area contributed by atoms with E-state index in [1.54, 1.807) is 24.3 Å². The van der Waals surface area contributed by atoms with Gasteiger partial charge in [-0.05, 0) is 45.3 Å². The van der Waals surface area contributed by atoms with Gasteiger partial charge in [-0.2, -0.15) is 0 Å². The number of hydrogen-bond acceptors (Lipinski definition) is 6. The highest BCUT2D eigenvalue weighted by molar-refractivity contribution is 7.22. The maximum Gasteiger partial charge on any atom is 0.349 e. The van der Waals surface area contributed by atoms with Gasteiger partial charge in [-0.1, -0.05) is 29.5 Å². The van der Waals surface area contributed by atoms with Crippen molar-refractivity contribution in [3.8, 4) is 0 Å². The molecular formula is C22H20ClF2N3O3S. The van der Waals surface area contributed by atoms with Crippen LogP contribution < -0.4 is 10.5 Å². The number of aromatic nitrogens is 1. The minimum Gasteiger partial charge on any atom is -0.422 e. The summed E-state index contributed by atoms with van der Waals surface area (Å²) in [5.74, 6) is -2.12. The molecule has 0 saturated carbocycles. The average molecular weight is 480 g/mol. The van der Waals surface area contributed by atoms with E-state index in [2.05, 4.69) is 4.98 Å². The van der Waals surface area contributed by atoms with E-state index in [0.717, 1.165) is 17.4 Å². The molecule has 0 aliphatic heterocycles. The Labute approximate surface area is 192 Å². The number of hydrogen-bond donors (Lipinski definition) is 0. The van der Waals surface area contributed by atoms with Gasteiger partial charge in [-0.3, -0.25) is 9.69 Å². The van der Waals surface area contributed by atoms with Crippen LogP contribution in [0.2, 0.25) is 0 Å². The highest BCUT2D eigenvalue weighted by atomic mass is 35.5. The van der Waals surface area contributed by atoms with Gasteiger partial charge < -0.3 is 9.32 Å². The fraction of sp³-hybridized carbons (Fsp3) is 0.227. The van der Waals surface area contributed by atoms with Crippen LogP contribution in [0.3, 0.4) is 0 Å². The van der Waals surface area contributed by atoms with Gasteiger partial charge in [0, 0.05) is 18.0 Å². The van der Waals surface area contributed by atoms with E-state index in [1.165, 1.54) is 17.0 Å². The third-order valence-corrected chi connectivity index (χ3v) is 5.76. The molecule has 0 fully saturated rings. The van der Waals surface area contributed by atoms with Crippen LogP contribution in [0.4, 0.5) is 13.9 Å². The first kappa shape index (κ1) is 23.8. The van der Waals surface area contributed by atoms with Gasteiger partial charge in [-0.15, -0.1) is 12.4 Å². The normalized spacial score (nSPS) is 11.2. The fourth-order valence-electron chi connectivity index (χ4n) is 3.25. The van der Waals surface area contributed by atoms with Gasteiger partial charge in [0.2, 0.25) is 0 Å². The molecule has 0 saturated heterocycles. The Morgan fingerprint density at radius 3 is 2.62 bits per heavy atom. The third-order valence-electron chi connectivity index (χ3n) is 4.74. The number of fused-ring (bicyclic) bond motifs is 2. The summed E-state index contributed by atoms with van der Waals surface area (Å²) in [6, 6.07) is 10.3. The third kappa shape index (κ3) is 4.79. The zero-order valence-electron chi connectivity index (χ0n) is 17.3. The molecule has 0 unspecified atom stereocenters. The molecule has 0 bridgehead atoms. The maximum atomic E-state index is 14.2. The van der Waals surface area contributed by atoms with E-state index in [-0.39, 0.29) is 39.9 Å². The van der Waals surface area contributed by atoms with Crippen molar-refractivity contribution in [2.45, 2.75) is 6.42 Å². The molecular weight excluding hydrogens is 460 g/mol. The summed E-state index contributed by atoms with van der Waals surface area (Å²) < 4.78 is 33.4. The molecule has 10 heteroatoms. The van der Waals surface area contributed by atoms with Crippen LogP contribution >= 0.6 is 23.7 Å². The van der Waals surface area contributed by atoms with E-state index >= 15 is 0 Å². The molecule has 4 rings (SSSR count). The summed E-state index contributed by atoms with van der Waals surface area (Å²) in [4.78, 5) is 33.4. The van der Waals surface area contributed by atoms with E-state index in [9.17, 15) is 18.4 Å². The second-order valence-electron chi connectivity index (χ2n) is 7.33. The molecule has 4 aromatic rings. The number of carbonyl (C=O) groups excluding carboxylic acids is 1. The molecule has 1 amide bonds. The average Bonchev–Trinajstić information content (AvgIpc) is 3.14. The molecule has 32 heavy (non-hydrogen) atoms. The molecule has 168 valence electrons. The molecule has 2 aromatic heterocycles. The lowest BCUT2D eigenvalue weighted by Gasteiger charge is -2.20. The minimum absolute atomic E-state index is 0. The first-order chi connectivity index (χ1) is 14.8. The number of nitrogens with zero attached hydrogens (tertiary/aromatic N) is 3. The van der Waals surface area contributed by atoms with Crippen LogP contribution in [-0.2, 0) is 0 Å². The molecule has 0 atom stereocenters. The monoisotopic (exact) mass is 479 g/mol. The number of carbonyl (C=O) groups is 1. The van der Waals surface area contributed by atoms with Crippen molar-refractivity contribution in [2.24, 2.45) is 0 Å². The molecule has 0 N–H and O–H groups in total. The number of anilines is 1. The van der Waals surface area contributed by atoms with Crippen molar-refractivity contribution < 1.29 is 18.0 Å². The summed E-state index contributed by atoms with van der Waals surface area (Å²) in [5, 5.41) is 0.798. The Morgan fingerprint density at radius 2 is 1.88 bits per heavy atom. The number of thiazole rings is 1. The summed E-state index contributed by atoms with van der Waals surface area (Å²) >= 11 is 0.993. The van der Waals surface area contributed by atoms with Crippen LogP contribution in [0.15, 0.2) is 51.7 Å². The number of benzene rings is 2. The molecule has 6 nitrogen and oxygen atoms in total.